The maximum absolute atomic E-state index is 12.2. The maximum Gasteiger partial charge on any atom is 0.268 e. The van der Waals surface area contributed by atoms with Crippen molar-refractivity contribution in [2.45, 2.75) is 40.2 Å². The molecule has 0 atom stereocenters. The van der Waals surface area contributed by atoms with E-state index in [2.05, 4.69) is 10.6 Å². The van der Waals surface area contributed by atoms with Gasteiger partial charge in [0.25, 0.3) is 5.91 Å². The zero-order valence-corrected chi connectivity index (χ0v) is 13.8. The highest BCUT2D eigenvalue weighted by Gasteiger charge is 2.18. The molecule has 1 rings (SSSR count). The van der Waals surface area contributed by atoms with Crippen LogP contribution in [0.2, 0.25) is 0 Å². The van der Waals surface area contributed by atoms with Crippen molar-refractivity contribution in [1.29, 1.82) is 0 Å². The van der Waals surface area contributed by atoms with Crippen molar-refractivity contribution < 1.29 is 14.3 Å². The second-order valence-corrected chi connectivity index (χ2v) is 5.95. The van der Waals surface area contributed by atoms with E-state index in [1.807, 2.05) is 52.0 Å². The third-order valence-electron chi connectivity index (χ3n) is 2.55. The number of carbonyl (C=O) groups is 2. The fourth-order valence-electron chi connectivity index (χ4n) is 1.75. The second-order valence-electron chi connectivity index (χ2n) is 5.95. The molecule has 0 aliphatic heterocycles. The summed E-state index contributed by atoms with van der Waals surface area (Å²) in [6, 6.07) is 7.30. The molecule has 1 aromatic carbocycles. The Morgan fingerprint density at radius 2 is 1.77 bits per heavy atom. The summed E-state index contributed by atoms with van der Waals surface area (Å²) in [5.41, 5.74) is 0.635. The molecule has 5 nitrogen and oxygen atoms in total. The van der Waals surface area contributed by atoms with E-state index in [4.69, 9.17) is 4.74 Å². The molecule has 0 radical (unpaired) electrons. The van der Waals surface area contributed by atoms with E-state index in [9.17, 15) is 9.59 Å². The number of ether oxygens (including phenoxy) is 1. The van der Waals surface area contributed by atoms with Crippen LogP contribution >= 0.6 is 0 Å². The van der Waals surface area contributed by atoms with Gasteiger partial charge in [0.2, 0.25) is 5.91 Å². The van der Waals surface area contributed by atoms with Gasteiger partial charge in [0.05, 0.1) is 6.61 Å². The van der Waals surface area contributed by atoms with Gasteiger partial charge >= 0.3 is 0 Å². The van der Waals surface area contributed by atoms with Crippen molar-refractivity contribution in [2.75, 3.05) is 6.61 Å². The molecular weight excluding hydrogens is 280 g/mol. The molecule has 0 aliphatic carbocycles. The summed E-state index contributed by atoms with van der Waals surface area (Å²) in [6.45, 7) is 9.53. The van der Waals surface area contributed by atoms with Crippen LogP contribution in [0.25, 0.3) is 6.08 Å². The summed E-state index contributed by atoms with van der Waals surface area (Å²) in [4.78, 5) is 23.6. The molecule has 0 bridgehead atoms. The summed E-state index contributed by atoms with van der Waals surface area (Å²) >= 11 is 0. The quantitative estimate of drug-likeness (QED) is 0.821. The Hall–Kier alpha value is -2.30. The smallest absolute Gasteiger partial charge is 0.268 e. The van der Waals surface area contributed by atoms with Crippen LogP contribution in [-0.4, -0.2) is 24.0 Å². The van der Waals surface area contributed by atoms with E-state index >= 15 is 0 Å². The van der Waals surface area contributed by atoms with Crippen LogP contribution in [0.3, 0.4) is 0 Å². The molecule has 0 aliphatic rings. The Morgan fingerprint density at radius 1 is 1.18 bits per heavy atom. The minimum absolute atomic E-state index is 0.214. The number of carbonyl (C=O) groups excluding carboxylic acids is 2. The summed E-state index contributed by atoms with van der Waals surface area (Å²) in [5.74, 6) is 0.151. The Balaban J connectivity index is 2.99. The molecule has 22 heavy (non-hydrogen) atoms. The minimum atomic E-state index is -0.381. The van der Waals surface area contributed by atoms with Crippen molar-refractivity contribution in [2.24, 2.45) is 0 Å². The number of benzene rings is 1. The molecule has 0 unspecified atom stereocenters. The zero-order chi connectivity index (χ0) is 16.8. The zero-order valence-electron chi connectivity index (χ0n) is 13.8. The summed E-state index contributed by atoms with van der Waals surface area (Å²) in [5, 5.41) is 5.40. The normalized spacial score (nSPS) is 11.8. The molecule has 1 aromatic rings. The van der Waals surface area contributed by atoms with Gasteiger partial charge in [-0.15, -0.1) is 0 Å². The van der Waals surface area contributed by atoms with Gasteiger partial charge in [0.1, 0.15) is 11.4 Å². The Labute approximate surface area is 131 Å². The van der Waals surface area contributed by atoms with Gasteiger partial charge in [-0.2, -0.15) is 0 Å². The lowest BCUT2D eigenvalue weighted by molar-refractivity contribution is -0.123. The van der Waals surface area contributed by atoms with Crippen molar-refractivity contribution >= 4 is 17.9 Å². The van der Waals surface area contributed by atoms with Gasteiger partial charge in [-0.25, -0.2) is 0 Å². The molecule has 0 heterocycles. The van der Waals surface area contributed by atoms with E-state index in [1.165, 1.54) is 6.92 Å². The summed E-state index contributed by atoms with van der Waals surface area (Å²) < 4.78 is 5.37. The van der Waals surface area contributed by atoms with Crippen LogP contribution < -0.4 is 15.4 Å². The number of rotatable bonds is 5. The number of hydrogen-bond acceptors (Lipinski definition) is 3. The van der Waals surface area contributed by atoms with Gasteiger partial charge in [-0.3, -0.25) is 9.59 Å². The first-order valence-electron chi connectivity index (χ1n) is 7.26. The number of hydrogen-bond donors (Lipinski definition) is 2. The van der Waals surface area contributed by atoms with Gasteiger partial charge in [-0.1, -0.05) is 12.1 Å². The summed E-state index contributed by atoms with van der Waals surface area (Å²) in [7, 11) is 0. The standard InChI is InChI=1S/C17H24N2O3/c1-6-22-14-9-7-13(8-10-14)11-15(18-12(2)20)16(21)19-17(3,4)5/h7-11H,6H2,1-5H3,(H,18,20)(H,19,21)/b15-11-. The molecular formula is C17H24N2O3. The fraction of sp³-hybridized carbons (Fsp3) is 0.412. The first-order valence-corrected chi connectivity index (χ1v) is 7.26. The van der Waals surface area contributed by atoms with Crippen LogP contribution in [0.1, 0.15) is 40.2 Å². The average Bonchev–Trinajstić information content (AvgIpc) is 2.38. The average molecular weight is 304 g/mol. The lowest BCUT2D eigenvalue weighted by Gasteiger charge is -2.21. The van der Waals surface area contributed by atoms with E-state index < -0.39 is 0 Å². The van der Waals surface area contributed by atoms with Crippen molar-refractivity contribution in [3.05, 3.63) is 35.5 Å². The number of nitrogens with one attached hydrogen (secondary N) is 2. The highest BCUT2D eigenvalue weighted by molar-refractivity contribution is 6.01. The monoisotopic (exact) mass is 304 g/mol. The van der Waals surface area contributed by atoms with E-state index in [-0.39, 0.29) is 23.1 Å². The van der Waals surface area contributed by atoms with Crippen LogP contribution in [0.15, 0.2) is 30.0 Å². The van der Waals surface area contributed by atoms with Gasteiger partial charge < -0.3 is 15.4 Å². The van der Waals surface area contributed by atoms with E-state index in [0.29, 0.717) is 6.61 Å². The molecule has 0 spiro atoms. The molecule has 120 valence electrons. The van der Waals surface area contributed by atoms with Crippen molar-refractivity contribution in [3.63, 3.8) is 0 Å². The first kappa shape index (κ1) is 17.8. The first-order chi connectivity index (χ1) is 10.2. The van der Waals surface area contributed by atoms with Crippen molar-refractivity contribution in [3.8, 4) is 5.75 Å². The van der Waals surface area contributed by atoms with Crippen LogP contribution in [0.5, 0.6) is 5.75 Å². The predicted molar refractivity (Wildman–Crippen MR) is 87.3 cm³/mol. The molecule has 0 fully saturated rings. The largest absolute Gasteiger partial charge is 0.494 e. The molecule has 2 amide bonds. The van der Waals surface area contributed by atoms with E-state index in [1.54, 1.807) is 6.08 Å². The third-order valence-corrected chi connectivity index (χ3v) is 2.55. The Bertz CT molecular complexity index is 554. The van der Waals surface area contributed by atoms with Crippen LogP contribution in [0.4, 0.5) is 0 Å². The molecule has 2 N–H and O–H groups in total. The van der Waals surface area contributed by atoms with Gasteiger partial charge in [0.15, 0.2) is 0 Å². The SMILES string of the molecule is CCOc1ccc(/C=C(\NC(C)=O)C(=O)NC(C)(C)C)cc1. The predicted octanol–water partition coefficient (Wildman–Crippen LogP) is 2.48. The Kier molecular flexibility index (Phi) is 6.16. The van der Waals surface area contributed by atoms with Gasteiger partial charge in [0, 0.05) is 12.5 Å². The fourth-order valence-corrected chi connectivity index (χ4v) is 1.75. The lowest BCUT2D eigenvalue weighted by Crippen LogP contribution is -2.44. The minimum Gasteiger partial charge on any atom is -0.494 e. The van der Waals surface area contributed by atoms with Crippen molar-refractivity contribution in [1.82, 2.24) is 10.6 Å². The second kappa shape index (κ2) is 7.64. The molecule has 0 saturated heterocycles. The van der Waals surface area contributed by atoms with Crippen LogP contribution in [0, 0.1) is 0 Å². The summed E-state index contributed by atoms with van der Waals surface area (Å²) in [6.07, 6.45) is 1.64. The Morgan fingerprint density at radius 3 is 2.23 bits per heavy atom. The highest BCUT2D eigenvalue weighted by atomic mass is 16.5. The van der Waals surface area contributed by atoms with E-state index in [0.717, 1.165) is 11.3 Å². The lowest BCUT2D eigenvalue weighted by atomic mass is 10.1. The topological polar surface area (TPSA) is 67.4 Å². The molecule has 0 aromatic heterocycles. The molecule has 5 heteroatoms. The highest BCUT2D eigenvalue weighted by Crippen LogP contribution is 2.14. The number of amides is 2. The van der Waals surface area contributed by atoms with Crippen LogP contribution in [-0.2, 0) is 9.59 Å². The van der Waals surface area contributed by atoms with Gasteiger partial charge in [-0.05, 0) is 51.5 Å². The molecule has 0 saturated carbocycles. The third kappa shape index (κ3) is 6.43. The maximum atomic E-state index is 12.2.